The lowest BCUT2D eigenvalue weighted by atomic mass is 9.52. The van der Waals surface area contributed by atoms with Crippen LogP contribution in [0.25, 0.3) is 0 Å². The number of carbonyl (C=O) groups excluding carboxylic acids is 4. The van der Waals surface area contributed by atoms with Crippen molar-refractivity contribution < 1.29 is 19.2 Å². The van der Waals surface area contributed by atoms with Crippen LogP contribution in [-0.2, 0) is 25.6 Å². The average molecular weight is 497 g/mol. The SMILES string of the molecule is N[C@@H](Cc1cnc[nH]1)C(=O)N(C(=O)C1(C(=O)C2CC(=O)N2)CCCCN1)C12CC3CC(CC(C3)C1)C2. The van der Waals surface area contributed by atoms with Gasteiger partial charge in [-0.05, 0) is 82.1 Å². The van der Waals surface area contributed by atoms with Crippen LogP contribution in [0.2, 0.25) is 0 Å². The van der Waals surface area contributed by atoms with Crippen molar-refractivity contribution in [3.63, 3.8) is 0 Å². The summed E-state index contributed by atoms with van der Waals surface area (Å²) in [6.07, 6.45) is 11.2. The van der Waals surface area contributed by atoms with E-state index >= 15 is 0 Å². The summed E-state index contributed by atoms with van der Waals surface area (Å²) in [5.74, 6) is 0.119. The van der Waals surface area contributed by atoms with Crippen molar-refractivity contribution in [2.75, 3.05) is 6.54 Å². The lowest BCUT2D eigenvalue weighted by Crippen LogP contribution is -2.75. The highest BCUT2D eigenvalue weighted by Crippen LogP contribution is 2.58. The maximum atomic E-state index is 14.7. The number of H-pyrrole nitrogens is 1. The molecule has 2 aliphatic heterocycles. The fourth-order valence-corrected chi connectivity index (χ4v) is 8.18. The largest absolute Gasteiger partial charge is 0.348 e. The van der Waals surface area contributed by atoms with Crippen LogP contribution in [0.1, 0.15) is 69.9 Å². The van der Waals surface area contributed by atoms with Gasteiger partial charge in [0.15, 0.2) is 11.3 Å². The second kappa shape index (κ2) is 8.76. The van der Waals surface area contributed by atoms with Gasteiger partial charge in [0.25, 0.3) is 5.91 Å². The number of hydrogen-bond acceptors (Lipinski definition) is 7. The van der Waals surface area contributed by atoms with E-state index in [-0.39, 0.29) is 24.5 Å². The Bertz CT molecular complexity index is 1020. The third-order valence-electron chi connectivity index (χ3n) is 9.45. The molecule has 10 nitrogen and oxygen atoms in total. The summed E-state index contributed by atoms with van der Waals surface area (Å²) in [6, 6.07) is -1.62. The predicted molar refractivity (Wildman–Crippen MR) is 129 cm³/mol. The summed E-state index contributed by atoms with van der Waals surface area (Å²) in [7, 11) is 0. The molecule has 4 bridgehead atoms. The third kappa shape index (κ3) is 3.80. The van der Waals surface area contributed by atoms with Gasteiger partial charge >= 0.3 is 0 Å². The van der Waals surface area contributed by atoms with E-state index in [9.17, 15) is 19.2 Å². The minimum atomic E-state index is -1.51. The lowest BCUT2D eigenvalue weighted by Gasteiger charge is -2.61. The Balaban J connectivity index is 1.38. The quantitative estimate of drug-likeness (QED) is 0.318. The van der Waals surface area contributed by atoms with E-state index in [2.05, 4.69) is 20.6 Å². The summed E-state index contributed by atoms with van der Waals surface area (Å²) in [4.78, 5) is 62.8. The highest BCUT2D eigenvalue weighted by molar-refractivity contribution is 6.19. The topological polar surface area (TPSA) is 150 Å². The Morgan fingerprint density at radius 1 is 1.11 bits per heavy atom. The van der Waals surface area contributed by atoms with Gasteiger partial charge in [-0.3, -0.25) is 29.4 Å². The smallest absolute Gasteiger partial charge is 0.257 e. The molecule has 1 aromatic heterocycles. The zero-order valence-corrected chi connectivity index (χ0v) is 20.6. The number of aromatic amines is 1. The fraction of sp³-hybridized carbons (Fsp3) is 0.731. The highest BCUT2D eigenvalue weighted by Gasteiger charge is 2.61. The Kier molecular flexibility index (Phi) is 5.79. The highest BCUT2D eigenvalue weighted by atomic mass is 16.2. The molecule has 10 heteroatoms. The van der Waals surface area contributed by atoms with Gasteiger partial charge in [0.1, 0.15) is 0 Å². The van der Waals surface area contributed by atoms with Crippen molar-refractivity contribution in [2.24, 2.45) is 23.5 Å². The molecule has 6 fully saturated rings. The number of ketones is 1. The average Bonchev–Trinajstić information content (AvgIpc) is 3.34. The number of nitrogens with zero attached hydrogens (tertiary/aromatic N) is 2. The number of imidazole rings is 1. The zero-order valence-electron chi connectivity index (χ0n) is 20.6. The van der Waals surface area contributed by atoms with Crippen LogP contribution >= 0.6 is 0 Å². The molecule has 36 heavy (non-hydrogen) atoms. The zero-order chi connectivity index (χ0) is 25.1. The first-order valence-electron chi connectivity index (χ1n) is 13.5. The monoisotopic (exact) mass is 496 g/mol. The van der Waals surface area contributed by atoms with Gasteiger partial charge in [-0.1, -0.05) is 0 Å². The molecule has 194 valence electrons. The number of amides is 3. The van der Waals surface area contributed by atoms with Crippen molar-refractivity contribution in [3.05, 3.63) is 18.2 Å². The van der Waals surface area contributed by atoms with Crippen LogP contribution in [0.15, 0.2) is 12.5 Å². The van der Waals surface area contributed by atoms with Crippen molar-refractivity contribution in [1.82, 2.24) is 25.5 Å². The van der Waals surface area contributed by atoms with Gasteiger partial charge in [0.2, 0.25) is 11.8 Å². The number of aromatic nitrogens is 2. The number of nitrogens with two attached hydrogens (primary N) is 1. The Morgan fingerprint density at radius 3 is 2.31 bits per heavy atom. The van der Waals surface area contributed by atoms with Gasteiger partial charge in [0.05, 0.1) is 30.4 Å². The first kappa shape index (κ1) is 23.8. The molecule has 0 spiro atoms. The van der Waals surface area contributed by atoms with Crippen LogP contribution < -0.4 is 16.4 Å². The van der Waals surface area contributed by atoms with Crippen LogP contribution in [-0.4, -0.2) is 68.1 Å². The third-order valence-corrected chi connectivity index (χ3v) is 9.45. The molecular weight excluding hydrogens is 460 g/mol. The molecule has 2 saturated heterocycles. The molecule has 7 rings (SSSR count). The minimum Gasteiger partial charge on any atom is -0.348 e. The molecule has 0 aromatic carbocycles. The molecule has 6 aliphatic rings. The molecule has 3 heterocycles. The van der Waals surface area contributed by atoms with E-state index in [0.717, 1.165) is 50.6 Å². The second-order valence-electron chi connectivity index (χ2n) is 12.0. The molecule has 3 atom stereocenters. The summed E-state index contributed by atoms with van der Waals surface area (Å²) >= 11 is 0. The normalized spacial score (nSPS) is 37.6. The molecular formula is C26H36N6O4. The fourth-order valence-electron chi connectivity index (χ4n) is 8.18. The van der Waals surface area contributed by atoms with Gasteiger partial charge in [-0.2, -0.15) is 0 Å². The van der Waals surface area contributed by atoms with Crippen LogP contribution in [0.5, 0.6) is 0 Å². The van der Waals surface area contributed by atoms with E-state index in [4.69, 9.17) is 5.73 Å². The van der Waals surface area contributed by atoms with Crippen molar-refractivity contribution in [3.8, 4) is 0 Å². The number of nitrogens with one attached hydrogen (secondary N) is 3. The number of imide groups is 1. The van der Waals surface area contributed by atoms with Gasteiger partial charge < -0.3 is 16.0 Å². The van der Waals surface area contributed by atoms with Crippen LogP contribution in [0.4, 0.5) is 0 Å². The van der Waals surface area contributed by atoms with Gasteiger partial charge in [-0.25, -0.2) is 4.98 Å². The van der Waals surface area contributed by atoms with Crippen molar-refractivity contribution in [1.29, 1.82) is 0 Å². The molecule has 4 aliphatic carbocycles. The van der Waals surface area contributed by atoms with Gasteiger partial charge in [-0.15, -0.1) is 0 Å². The Morgan fingerprint density at radius 2 is 1.78 bits per heavy atom. The molecule has 1 aromatic rings. The maximum Gasteiger partial charge on any atom is 0.257 e. The minimum absolute atomic E-state index is 0.0835. The number of Topliss-reactive ketones (excluding diaryl/α,β-unsaturated/α-hetero) is 1. The number of piperidine rings is 1. The number of rotatable bonds is 7. The molecule has 3 amide bonds. The molecule has 5 N–H and O–H groups in total. The number of hydrogen-bond donors (Lipinski definition) is 4. The number of carbonyl (C=O) groups is 4. The van der Waals surface area contributed by atoms with E-state index in [1.807, 2.05) is 0 Å². The molecule has 0 radical (unpaired) electrons. The first-order valence-corrected chi connectivity index (χ1v) is 13.5. The number of β-lactam (4-membered cyclic amide) rings is 1. The summed E-state index contributed by atoms with van der Waals surface area (Å²) in [5, 5.41) is 5.90. The van der Waals surface area contributed by atoms with E-state index < -0.39 is 35.0 Å². The second-order valence-corrected chi connectivity index (χ2v) is 12.0. The van der Waals surface area contributed by atoms with Crippen LogP contribution in [0, 0.1) is 17.8 Å². The van der Waals surface area contributed by atoms with Crippen molar-refractivity contribution in [2.45, 2.75) is 93.8 Å². The van der Waals surface area contributed by atoms with Gasteiger partial charge in [0, 0.05) is 18.3 Å². The lowest BCUT2D eigenvalue weighted by molar-refractivity contribution is -0.172. The van der Waals surface area contributed by atoms with Crippen molar-refractivity contribution >= 4 is 23.5 Å². The summed E-state index contributed by atoms with van der Waals surface area (Å²) in [6.45, 7) is 0.515. The van der Waals surface area contributed by atoms with Crippen LogP contribution in [0.3, 0.4) is 0 Å². The van der Waals surface area contributed by atoms with E-state index in [0.29, 0.717) is 37.1 Å². The molecule has 4 saturated carbocycles. The van der Waals surface area contributed by atoms with E-state index in [1.54, 1.807) is 12.5 Å². The summed E-state index contributed by atoms with van der Waals surface area (Å²) in [5.41, 5.74) is 5.10. The maximum absolute atomic E-state index is 14.7. The first-order chi connectivity index (χ1) is 17.3. The van der Waals surface area contributed by atoms with E-state index in [1.165, 1.54) is 4.90 Å². The Labute approximate surface area is 210 Å². The summed E-state index contributed by atoms with van der Waals surface area (Å²) < 4.78 is 0. The molecule has 2 unspecified atom stereocenters. The standard InChI is InChI=1S/C26H36N6O4/c27-19(8-18-13-28-14-29-18)23(35)32(25-10-15-5-16(11-25)7-17(6-15)12-25)24(36)26(3-1-2-4-30-26)22(34)20-9-21(33)31-20/h13-17,19-20,30H,1-12,27H2,(H,28,29)(H,31,33)/t15?,16?,17?,19-,20?,25?,26?/m0/s1. The predicted octanol–water partition coefficient (Wildman–Crippen LogP) is 0.573. The Hall–Kier alpha value is -2.59.